The van der Waals surface area contributed by atoms with Crippen LogP contribution in [-0.4, -0.2) is 23.6 Å². The van der Waals surface area contributed by atoms with E-state index in [0.29, 0.717) is 37.2 Å². The van der Waals surface area contributed by atoms with Gasteiger partial charge >= 0.3 is 5.97 Å². The lowest BCUT2D eigenvalue weighted by atomic mass is 10.0. The van der Waals surface area contributed by atoms with Gasteiger partial charge in [-0.05, 0) is 43.9 Å². The third-order valence-electron chi connectivity index (χ3n) is 3.62. The molecule has 1 aliphatic heterocycles. The molecule has 0 aliphatic carbocycles. The Morgan fingerprint density at radius 3 is 2.86 bits per heavy atom. The van der Waals surface area contributed by atoms with Crippen LogP contribution in [0.25, 0.3) is 0 Å². The standard InChI is InChI=1S/C16H20FNO4/c17-11-7-8-14-12(10-11)13(4-3-9-22-14)18-15(19)5-1-2-6-16(20)21/h7-8,10,13H,1-6,9H2,(H,18,19)(H,20,21). The lowest BCUT2D eigenvalue weighted by molar-refractivity contribution is -0.137. The number of carbonyl (C=O) groups is 2. The van der Waals surface area contributed by atoms with E-state index in [1.54, 1.807) is 6.07 Å². The normalized spacial score (nSPS) is 17.0. The number of halogens is 1. The fraction of sp³-hybridized carbons (Fsp3) is 0.500. The van der Waals surface area contributed by atoms with Crippen molar-refractivity contribution in [3.8, 4) is 5.75 Å². The molecular formula is C16H20FNO4. The van der Waals surface area contributed by atoms with Gasteiger partial charge in [0, 0.05) is 18.4 Å². The topological polar surface area (TPSA) is 75.6 Å². The maximum Gasteiger partial charge on any atom is 0.303 e. The molecule has 1 aromatic rings. The first-order chi connectivity index (χ1) is 10.6. The van der Waals surface area contributed by atoms with Gasteiger partial charge in [-0.1, -0.05) is 0 Å². The van der Waals surface area contributed by atoms with E-state index >= 15 is 0 Å². The number of carbonyl (C=O) groups excluding carboxylic acids is 1. The average molecular weight is 309 g/mol. The van der Waals surface area contributed by atoms with Gasteiger partial charge in [-0.15, -0.1) is 0 Å². The smallest absolute Gasteiger partial charge is 0.303 e. The Morgan fingerprint density at radius 2 is 2.09 bits per heavy atom. The molecule has 1 heterocycles. The van der Waals surface area contributed by atoms with Crippen LogP contribution >= 0.6 is 0 Å². The minimum absolute atomic E-state index is 0.0680. The molecule has 22 heavy (non-hydrogen) atoms. The molecule has 0 spiro atoms. The Morgan fingerprint density at radius 1 is 1.32 bits per heavy atom. The summed E-state index contributed by atoms with van der Waals surface area (Å²) in [6.45, 7) is 0.545. The van der Waals surface area contributed by atoms with Crippen LogP contribution in [0, 0.1) is 5.82 Å². The monoisotopic (exact) mass is 309 g/mol. The molecule has 5 nitrogen and oxygen atoms in total. The van der Waals surface area contributed by atoms with Gasteiger partial charge in [0.05, 0.1) is 12.6 Å². The van der Waals surface area contributed by atoms with E-state index in [4.69, 9.17) is 9.84 Å². The molecule has 0 aromatic heterocycles. The average Bonchev–Trinajstić information content (AvgIpc) is 2.66. The molecule has 0 radical (unpaired) electrons. The minimum atomic E-state index is -0.856. The number of nitrogens with one attached hydrogen (secondary N) is 1. The van der Waals surface area contributed by atoms with E-state index < -0.39 is 5.97 Å². The van der Waals surface area contributed by atoms with Crippen molar-refractivity contribution in [3.05, 3.63) is 29.6 Å². The molecule has 120 valence electrons. The second-order valence-corrected chi connectivity index (χ2v) is 5.39. The molecule has 0 fully saturated rings. The second kappa shape index (κ2) is 7.77. The highest BCUT2D eigenvalue weighted by atomic mass is 19.1. The van der Waals surface area contributed by atoms with Crippen LogP contribution in [0.3, 0.4) is 0 Å². The zero-order valence-electron chi connectivity index (χ0n) is 12.3. The highest BCUT2D eigenvalue weighted by Crippen LogP contribution is 2.32. The minimum Gasteiger partial charge on any atom is -0.493 e. The summed E-state index contributed by atoms with van der Waals surface area (Å²) in [5, 5.41) is 11.5. The van der Waals surface area contributed by atoms with Gasteiger partial charge < -0.3 is 15.2 Å². The number of hydrogen-bond acceptors (Lipinski definition) is 3. The molecule has 1 atom stereocenters. The van der Waals surface area contributed by atoms with E-state index in [1.165, 1.54) is 12.1 Å². The summed E-state index contributed by atoms with van der Waals surface area (Å²) in [5.74, 6) is -0.752. The van der Waals surface area contributed by atoms with E-state index in [2.05, 4.69) is 5.32 Å². The van der Waals surface area contributed by atoms with Crippen molar-refractivity contribution in [1.29, 1.82) is 0 Å². The number of carboxylic acid groups (broad SMARTS) is 1. The summed E-state index contributed by atoms with van der Waals surface area (Å²) < 4.78 is 19.0. The van der Waals surface area contributed by atoms with Gasteiger partial charge in [0.2, 0.25) is 5.91 Å². The maximum atomic E-state index is 13.4. The van der Waals surface area contributed by atoms with Crippen molar-refractivity contribution >= 4 is 11.9 Å². The Hall–Kier alpha value is -2.11. The maximum absolute atomic E-state index is 13.4. The van der Waals surface area contributed by atoms with Crippen molar-refractivity contribution in [1.82, 2.24) is 5.32 Å². The molecule has 1 aliphatic rings. The highest BCUT2D eigenvalue weighted by Gasteiger charge is 2.22. The lowest BCUT2D eigenvalue weighted by Crippen LogP contribution is -2.28. The van der Waals surface area contributed by atoms with Crippen LogP contribution in [0.15, 0.2) is 18.2 Å². The number of carboxylic acids is 1. The molecule has 6 heteroatoms. The zero-order valence-corrected chi connectivity index (χ0v) is 12.3. The number of benzene rings is 1. The van der Waals surface area contributed by atoms with Crippen molar-refractivity contribution in [3.63, 3.8) is 0 Å². The predicted octanol–water partition coefficient (Wildman–Crippen LogP) is 2.80. The lowest BCUT2D eigenvalue weighted by Gasteiger charge is -2.18. The van der Waals surface area contributed by atoms with Crippen LogP contribution in [0.1, 0.15) is 50.1 Å². The molecular weight excluding hydrogens is 289 g/mol. The summed E-state index contributed by atoms with van der Waals surface area (Å²) in [4.78, 5) is 22.4. The molecule has 1 unspecified atom stereocenters. The summed E-state index contributed by atoms with van der Waals surface area (Å²) in [6.07, 6.45) is 2.81. The van der Waals surface area contributed by atoms with Gasteiger partial charge in [0.25, 0.3) is 0 Å². The number of unbranched alkanes of at least 4 members (excludes halogenated alkanes) is 1. The number of rotatable bonds is 6. The number of fused-ring (bicyclic) bond motifs is 1. The molecule has 1 aromatic carbocycles. The fourth-order valence-electron chi connectivity index (χ4n) is 2.53. The van der Waals surface area contributed by atoms with Crippen LogP contribution < -0.4 is 10.1 Å². The first kappa shape index (κ1) is 16.3. The van der Waals surface area contributed by atoms with Crippen molar-refractivity contribution in [2.45, 2.75) is 44.6 Å². The van der Waals surface area contributed by atoms with Crippen LogP contribution in [0.5, 0.6) is 5.75 Å². The summed E-state index contributed by atoms with van der Waals surface area (Å²) in [7, 11) is 0. The number of aliphatic carboxylic acids is 1. The Bertz CT molecular complexity index is 547. The molecule has 2 N–H and O–H groups in total. The van der Waals surface area contributed by atoms with Gasteiger partial charge in [-0.3, -0.25) is 9.59 Å². The predicted molar refractivity (Wildman–Crippen MR) is 78.1 cm³/mol. The molecule has 0 bridgehead atoms. The van der Waals surface area contributed by atoms with Crippen molar-refractivity contribution < 1.29 is 23.8 Å². The van der Waals surface area contributed by atoms with Crippen molar-refractivity contribution in [2.75, 3.05) is 6.61 Å². The van der Waals surface area contributed by atoms with Crippen molar-refractivity contribution in [2.24, 2.45) is 0 Å². The van der Waals surface area contributed by atoms with E-state index in [-0.39, 0.29) is 30.6 Å². The Balaban J connectivity index is 1.93. The van der Waals surface area contributed by atoms with Gasteiger partial charge in [0.1, 0.15) is 11.6 Å². The first-order valence-corrected chi connectivity index (χ1v) is 7.49. The van der Waals surface area contributed by atoms with E-state index in [0.717, 1.165) is 6.42 Å². The molecule has 1 amide bonds. The van der Waals surface area contributed by atoms with E-state index in [9.17, 15) is 14.0 Å². The Labute approximate surface area is 128 Å². The first-order valence-electron chi connectivity index (χ1n) is 7.49. The van der Waals surface area contributed by atoms with Gasteiger partial charge in [-0.25, -0.2) is 4.39 Å². The van der Waals surface area contributed by atoms with Crippen LogP contribution in [0.4, 0.5) is 4.39 Å². The fourth-order valence-corrected chi connectivity index (χ4v) is 2.53. The zero-order chi connectivity index (χ0) is 15.9. The summed E-state index contributed by atoms with van der Waals surface area (Å²) in [5.41, 5.74) is 0.663. The van der Waals surface area contributed by atoms with Gasteiger partial charge in [0.15, 0.2) is 0 Å². The van der Waals surface area contributed by atoms with Crippen LogP contribution in [-0.2, 0) is 9.59 Å². The van der Waals surface area contributed by atoms with Gasteiger partial charge in [-0.2, -0.15) is 0 Å². The quantitative estimate of drug-likeness (QED) is 0.792. The largest absolute Gasteiger partial charge is 0.493 e. The molecule has 0 saturated heterocycles. The second-order valence-electron chi connectivity index (χ2n) is 5.39. The van der Waals surface area contributed by atoms with E-state index in [1.807, 2.05) is 0 Å². The number of hydrogen-bond donors (Lipinski definition) is 2. The molecule has 0 saturated carbocycles. The third kappa shape index (κ3) is 4.72. The number of ether oxygens (including phenoxy) is 1. The third-order valence-corrected chi connectivity index (χ3v) is 3.62. The summed E-state index contributed by atoms with van der Waals surface area (Å²) in [6, 6.07) is 4.06. The number of amides is 1. The highest BCUT2D eigenvalue weighted by molar-refractivity contribution is 5.76. The summed E-state index contributed by atoms with van der Waals surface area (Å²) >= 11 is 0. The Kier molecular flexibility index (Phi) is 5.75. The SMILES string of the molecule is O=C(O)CCCCC(=O)NC1CCCOc2ccc(F)cc21. The van der Waals surface area contributed by atoms with Crippen LogP contribution in [0.2, 0.25) is 0 Å². The molecule has 2 rings (SSSR count).